The number of pyridine rings is 1. The standard InChI is InChI=1S/C43H53ClN6O10/c1-9-23-18-43(23,39(54)56-8)49-37(52)31-16-25(19-50(31)38(53)36(42(5,6)7)48-41(55)60-24-14-27-22(4)28(27)15-24)59-33-17-29(30-20-58-40(47-30)45-21(2)3)46-35-26(33)10-11-32(34(35)44)57-13-12-51/h9-12,17,20-25,27-28,31,36H,1,13-16,18-19H2,2-8H3,(H,45,47)(H,48,55)(H,49,52)/t22?,23-,24?,25?,27-,28+,31+,36-,43?/m1/s1. The first-order valence-electron chi connectivity index (χ1n) is 20.4. The molecule has 1 aromatic carbocycles. The van der Waals surface area contributed by atoms with Gasteiger partial charge in [0.2, 0.25) is 11.8 Å². The number of aldehydes is 1. The maximum Gasteiger partial charge on any atom is 0.408 e. The second-order valence-corrected chi connectivity index (χ2v) is 18.1. The molecule has 4 fully saturated rings. The van der Waals surface area contributed by atoms with Gasteiger partial charge in [0.05, 0.1) is 24.9 Å². The van der Waals surface area contributed by atoms with Gasteiger partial charge < -0.3 is 44.2 Å². The number of hydrogen-bond donors (Lipinski definition) is 3. The Kier molecular flexibility index (Phi) is 11.8. The molecular weight excluding hydrogens is 796 g/mol. The van der Waals surface area contributed by atoms with Crippen LogP contribution in [0.15, 0.2) is 41.5 Å². The maximum atomic E-state index is 14.8. The van der Waals surface area contributed by atoms with Crippen LogP contribution >= 0.6 is 11.6 Å². The van der Waals surface area contributed by atoms with E-state index in [4.69, 9.17) is 39.9 Å². The minimum Gasteiger partial charge on any atom is -0.488 e. The summed E-state index contributed by atoms with van der Waals surface area (Å²) in [5.41, 5.74) is -1.16. The Labute approximate surface area is 353 Å². The largest absolute Gasteiger partial charge is 0.488 e. The third kappa shape index (κ3) is 8.48. The molecular formula is C43H53ClN6O10. The van der Waals surface area contributed by atoms with E-state index >= 15 is 0 Å². The van der Waals surface area contributed by atoms with Crippen LogP contribution in [0.25, 0.3) is 22.3 Å². The number of benzene rings is 1. The molecule has 1 saturated heterocycles. The number of nitrogens with zero attached hydrogens (tertiary/aromatic N) is 3. The molecule has 9 atom stereocenters. The van der Waals surface area contributed by atoms with Gasteiger partial charge in [0.25, 0.3) is 6.01 Å². The van der Waals surface area contributed by atoms with Crippen LogP contribution in [0.5, 0.6) is 11.5 Å². The first-order chi connectivity index (χ1) is 28.5. The zero-order chi connectivity index (χ0) is 43.3. The van der Waals surface area contributed by atoms with E-state index < -0.39 is 53.0 Å². The molecule has 4 aliphatic rings. The Hall–Kier alpha value is -5.38. The third-order valence-corrected chi connectivity index (χ3v) is 12.5. The van der Waals surface area contributed by atoms with Crippen molar-refractivity contribution in [2.75, 3.05) is 25.6 Å². The number of carbonyl (C=O) groups is 5. The van der Waals surface area contributed by atoms with Crippen LogP contribution in [0.3, 0.4) is 0 Å². The number of fused-ring (bicyclic) bond motifs is 2. The molecule has 322 valence electrons. The van der Waals surface area contributed by atoms with E-state index in [-0.39, 0.29) is 66.4 Å². The van der Waals surface area contributed by atoms with E-state index in [0.29, 0.717) is 46.6 Å². The number of oxazole rings is 1. The number of anilines is 1. The minimum absolute atomic E-state index is 0.0117. The number of carbonyl (C=O) groups excluding carboxylic acids is 5. The Morgan fingerprint density at radius 1 is 1.08 bits per heavy atom. The molecule has 1 aliphatic heterocycles. The van der Waals surface area contributed by atoms with Crippen molar-refractivity contribution in [1.82, 2.24) is 25.5 Å². The zero-order valence-electron chi connectivity index (χ0n) is 34.9. The summed E-state index contributed by atoms with van der Waals surface area (Å²) >= 11 is 6.84. The van der Waals surface area contributed by atoms with E-state index in [1.54, 1.807) is 24.3 Å². The molecule has 3 amide bonds. The van der Waals surface area contributed by atoms with Crippen molar-refractivity contribution < 1.29 is 47.3 Å². The first kappa shape index (κ1) is 42.7. The van der Waals surface area contributed by atoms with E-state index in [1.807, 2.05) is 34.6 Å². The second-order valence-electron chi connectivity index (χ2n) is 17.7. The highest BCUT2D eigenvalue weighted by atomic mass is 35.5. The molecule has 0 bridgehead atoms. The maximum absolute atomic E-state index is 14.8. The fourth-order valence-corrected chi connectivity index (χ4v) is 9.01. The minimum atomic E-state index is -1.33. The van der Waals surface area contributed by atoms with Gasteiger partial charge in [-0.1, -0.05) is 45.4 Å². The molecule has 0 spiro atoms. The summed E-state index contributed by atoms with van der Waals surface area (Å²) in [5, 5.41) is 9.42. The van der Waals surface area contributed by atoms with Gasteiger partial charge in [-0.25, -0.2) is 14.6 Å². The Balaban J connectivity index is 1.21. The van der Waals surface area contributed by atoms with Crippen LogP contribution in [0.2, 0.25) is 5.02 Å². The number of rotatable bonds is 15. The summed E-state index contributed by atoms with van der Waals surface area (Å²) in [6, 6.07) is 3.04. The van der Waals surface area contributed by atoms with E-state index in [1.165, 1.54) is 18.3 Å². The van der Waals surface area contributed by atoms with Crippen molar-refractivity contribution in [1.29, 1.82) is 0 Å². The van der Waals surface area contributed by atoms with Crippen LogP contribution < -0.4 is 25.4 Å². The number of nitrogens with one attached hydrogen (secondary N) is 3. The van der Waals surface area contributed by atoms with Crippen LogP contribution in [-0.2, 0) is 28.7 Å². The van der Waals surface area contributed by atoms with E-state index in [0.717, 1.165) is 12.8 Å². The number of ether oxygens (including phenoxy) is 4. The molecule has 4 unspecified atom stereocenters. The van der Waals surface area contributed by atoms with Gasteiger partial charge in [0, 0.05) is 29.8 Å². The SMILES string of the molecule is C=C[C@@H]1CC1(NC(=O)[C@@H]1CC(Oc2cc(-c3coc(NC(C)C)n3)nc3c(Cl)c(OCC=O)ccc23)CN1C(=O)[C@@H](NC(=O)OC1C[C@@H]2C(C)[C@@H]2C1)C(C)(C)C)C(=O)OC. The van der Waals surface area contributed by atoms with Crippen molar-refractivity contribution in [2.45, 2.75) is 103 Å². The average molecular weight is 849 g/mol. The van der Waals surface area contributed by atoms with Gasteiger partial charge in [0.1, 0.15) is 64.9 Å². The summed E-state index contributed by atoms with van der Waals surface area (Å²) in [4.78, 5) is 77.4. The summed E-state index contributed by atoms with van der Waals surface area (Å²) in [5.74, 6) is 0.173. The lowest BCUT2D eigenvalue weighted by molar-refractivity contribution is -0.148. The number of alkyl carbamates (subject to hydrolysis) is 1. The van der Waals surface area contributed by atoms with Crippen LogP contribution in [-0.4, -0.2) is 101 Å². The zero-order valence-corrected chi connectivity index (χ0v) is 35.7. The molecule has 3 saturated carbocycles. The quantitative estimate of drug-likeness (QED) is 0.0956. The first-order valence-corrected chi connectivity index (χ1v) is 20.7. The van der Waals surface area contributed by atoms with Gasteiger partial charge in [-0.15, -0.1) is 6.58 Å². The monoisotopic (exact) mass is 848 g/mol. The highest BCUT2D eigenvalue weighted by Gasteiger charge is 2.62. The molecule has 7 rings (SSSR count). The van der Waals surface area contributed by atoms with Crippen LogP contribution in [0, 0.1) is 29.1 Å². The summed E-state index contributed by atoms with van der Waals surface area (Å²) < 4.78 is 28.8. The van der Waals surface area contributed by atoms with Gasteiger partial charge in [0.15, 0.2) is 6.29 Å². The van der Waals surface area contributed by atoms with Crippen molar-refractivity contribution in [3.05, 3.63) is 42.1 Å². The molecule has 2 aromatic heterocycles. The fraction of sp³-hybridized carbons (Fsp3) is 0.558. The van der Waals surface area contributed by atoms with E-state index in [2.05, 4.69) is 34.4 Å². The number of likely N-dealkylation sites (tertiary alicyclic amines) is 1. The van der Waals surface area contributed by atoms with Crippen molar-refractivity contribution >= 4 is 58.7 Å². The van der Waals surface area contributed by atoms with Gasteiger partial charge in [-0.2, -0.15) is 4.98 Å². The number of aromatic nitrogens is 2. The highest BCUT2D eigenvalue weighted by Crippen LogP contribution is 2.57. The number of esters is 1. The van der Waals surface area contributed by atoms with Crippen molar-refractivity contribution in [2.24, 2.45) is 29.1 Å². The summed E-state index contributed by atoms with van der Waals surface area (Å²) in [6.07, 6.45) is 3.81. The lowest BCUT2D eigenvalue weighted by Gasteiger charge is -2.35. The molecule has 3 aromatic rings. The lowest BCUT2D eigenvalue weighted by Crippen LogP contribution is -2.59. The number of methoxy groups -OCH3 is 1. The predicted molar refractivity (Wildman–Crippen MR) is 220 cm³/mol. The molecule has 3 aliphatic carbocycles. The molecule has 60 heavy (non-hydrogen) atoms. The Morgan fingerprint density at radius 2 is 1.82 bits per heavy atom. The van der Waals surface area contributed by atoms with Crippen LogP contribution in [0.1, 0.15) is 67.2 Å². The lowest BCUT2D eigenvalue weighted by atomic mass is 9.85. The third-order valence-electron chi connectivity index (χ3n) is 12.1. The average Bonchev–Trinajstić information content (AvgIpc) is 3.69. The molecule has 16 nitrogen and oxygen atoms in total. The topological polar surface area (TPSA) is 201 Å². The van der Waals surface area contributed by atoms with Crippen molar-refractivity contribution in [3.63, 3.8) is 0 Å². The van der Waals surface area contributed by atoms with Crippen LogP contribution in [0.4, 0.5) is 10.8 Å². The fourth-order valence-electron chi connectivity index (χ4n) is 8.75. The number of amides is 3. The molecule has 3 heterocycles. The Bertz CT molecular complexity index is 2180. The molecule has 0 radical (unpaired) electrons. The molecule has 17 heteroatoms. The predicted octanol–water partition coefficient (Wildman–Crippen LogP) is 5.71. The second kappa shape index (κ2) is 16.6. The van der Waals surface area contributed by atoms with Gasteiger partial charge >= 0.3 is 12.1 Å². The van der Waals surface area contributed by atoms with Gasteiger partial charge in [-0.3, -0.25) is 14.4 Å². The summed E-state index contributed by atoms with van der Waals surface area (Å²) in [7, 11) is 1.25. The van der Waals surface area contributed by atoms with E-state index in [9.17, 15) is 24.0 Å². The van der Waals surface area contributed by atoms with Crippen molar-refractivity contribution in [3.8, 4) is 22.9 Å². The Morgan fingerprint density at radius 3 is 2.45 bits per heavy atom. The van der Waals surface area contributed by atoms with Gasteiger partial charge in [-0.05, 0) is 68.4 Å². The number of halogens is 1. The number of hydrogen-bond acceptors (Lipinski definition) is 13. The smallest absolute Gasteiger partial charge is 0.408 e. The normalized spacial score (nSPS) is 27.1. The summed E-state index contributed by atoms with van der Waals surface area (Å²) in [6.45, 7) is 15.1. The highest BCUT2D eigenvalue weighted by molar-refractivity contribution is 6.36. The molecule has 3 N–H and O–H groups in total.